The number of hydrogen-bond acceptors (Lipinski definition) is 5. The standard InChI is InChI=1S/C18H26N4O2.C2HF3O2/c23-17(21-10-3-4-11-21)22-13-18(14-22)15(7-12-24-18)6-9-20-16-5-1-2-8-19-16;3-2(4,5)1(6)7/h1-2,5,8,15H,3-4,6-7,9-14H2,(H,19,20);(H,6,7). The van der Waals surface area contributed by atoms with Crippen LogP contribution in [0.1, 0.15) is 25.7 Å². The summed E-state index contributed by atoms with van der Waals surface area (Å²) in [6.07, 6.45) is 1.15. The fourth-order valence-electron chi connectivity index (χ4n) is 4.23. The molecule has 1 unspecified atom stereocenters. The molecular weight excluding hydrogens is 417 g/mol. The molecule has 1 spiro atoms. The number of carboxylic acids is 1. The lowest BCUT2D eigenvalue weighted by Gasteiger charge is -2.51. The summed E-state index contributed by atoms with van der Waals surface area (Å²) < 4.78 is 37.8. The van der Waals surface area contributed by atoms with Crippen LogP contribution in [0.15, 0.2) is 24.4 Å². The number of rotatable bonds is 4. The Morgan fingerprint density at radius 3 is 2.48 bits per heavy atom. The summed E-state index contributed by atoms with van der Waals surface area (Å²) >= 11 is 0. The highest BCUT2D eigenvalue weighted by atomic mass is 19.4. The number of carbonyl (C=O) groups excluding carboxylic acids is 1. The van der Waals surface area contributed by atoms with Gasteiger partial charge in [0.05, 0.1) is 13.1 Å². The Morgan fingerprint density at radius 2 is 1.90 bits per heavy atom. The van der Waals surface area contributed by atoms with Gasteiger partial charge in [0, 0.05) is 32.4 Å². The van der Waals surface area contributed by atoms with Gasteiger partial charge in [-0.3, -0.25) is 0 Å². The second-order valence-corrected chi connectivity index (χ2v) is 7.96. The van der Waals surface area contributed by atoms with Gasteiger partial charge < -0.3 is 25.0 Å². The molecule has 172 valence electrons. The largest absolute Gasteiger partial charge is 0.490 e. The number of carbonyl (C=O) groups is 2. The molecule has 2 amide bonds. The van der Waals surface area contributed by atoms with Gasteiger partial charge in [-0.25, -0.2) is 14.6 Å². The van der Waals surface area contributed by atoms with Crippen molar-refractivity contribution in [2.45, 2.75) is 37.5 Å². The SMILES string of the molecule is O=C(N1CCCC1)N1CC2(C1)OCCC2CCNc1ccccn1.O=C(O)C(F)(F)F. The Hall–Kier alpha value is -2.56. The molecule has 3 saturated heterocycles. The van der Waals surface area contributed by atoms with E-state index in [-0.39, 0.29) is 11.6 Å². The maximum absolute atomic E-state index is 12.4. The van der Waals surface area contributed by atoms with E-state index in [2.05, 4.69) is 10.3 Å². The quantitative estimate of drug-likeness (QED) is 0.742. The van der Waals surface area contributed by atoms with Crippen molar-refractivity contribution in [1.29, 1.82) is 0 Å². The number of halogens is 3. The first-order valence-corrected chi connectivity index (χ1v) is 10.3. The Morgan fingerprint density at radius 1 is 1.23 bits per heavy atom. The van der Waals surface area contributed by atoms with Crippen molar-refractivity contribution >= 4 is 17.8 Å². The van der Waals surface area contributed by atoms with Crippen molar-refractivity contribution in [2.75, 3.05) is 44.6 Å². The van der Waals surface area contributed by atoms with Crippen LogP contribution in [0.25, 0.3) is 0 Å². The first-order chi connectivity index (χ1) is 14.7. The summed E-state index contributed by atoms with van der Waals surface area (Å²) in [7, 11) is 0. The number of nitrogens with zero attached hydrogens (tertiary/aromatic N) is 3. The highest BCUT2D eigenvalue weighted by molar-refractivity contribution is 5.76. The molecule has 4 heterocycles. The van der Waals surface area contributed by atoms with Crippen LogP contribution in [-0.2, 0) is 9.53 Å². The van der Waals surface area contributed by atoms with Crippen molar-refractivity contribution in [3.05, 3.63) is 24.4 Å². The summed E-state index contributed by atoms with van der Waals surface area (Å²) in [5.41, 5.74) is -0.0961. The van der Waals surface area contributed by atoms with Gasteiger partial charge in [0.25, 0.3) is 0 Å². The van der Waals surface area contributed by atoms with Gasteiger partial charge >= 0.3 is 18.2 Å². The number of aliphatic carboxylic acids is 1. The molecule has 1 aromatic rings. The highest BCUT2D eigenvalue weighted by Gasteiger charge is 2.54. The lowest BCUT2D eigenvalue weighted by Crippen LogP contribution is -2.67. The van der Waals surface area contributed by atoms with Crippen molar-refractivity contribution in [2.24, 2.45) is 5.92 Å². The predicted octanol–water partition coefficient (Wildman–Crippen LogP) is 2.82. The van der Waals surface area contributed by atoms with Crippen molar-refractivity contribution in [3.8, 4) is 0 Å². The molecule has 3 aliphatic rings. The van der Waals surface area contributed by atoms with Crippen LogP contribution in [-0.4, -0.2) is 83.0 Å². The molecule has 1 aromatic heterocycles. The minimum atomic E-state index is -5.08. The molecule has 11 heteroatoms. The average molecular weight is 444 g/mol. The van der Waals surface area contributed by atoms with E-state index in [9.17, 15) is 18.0 Å². The fraction of sp³-hybridized carbons (Fsp3) is 0.650. The fourth-order valence-corrected chi connectivity index (χ4v) is 4.23. The zero-order chi connectivity index (χ0) is 22.5. The van der Waals surface area contributed by atoms with E-state index in [0.29, 0.717) is 5.92 Å². The minimum Gasteiger partial charge on any atom is -0.475 e. The Balaban J connectivity index is 0.000000339. The second-order valence-electron chi connectivity index (χ2n) is 7.96. The van der Waals surface area contributed by atoms with Crippen LogP contribution < -0.4 is 5.32 Å². The molecule has 0 aromatic carbocycles. The van der Waals surface area contributed by atoms with E-state index in [4.69, 9.17) is 14.6 Å². The number of carboxylic acid groups (broad SMARTS) is 1. The number of hydrogen-bond donors (Lipinski definition) is 2. The summed E-state index contributed by atoms with van der Waals surface area (Å²) in [5.74, 6) is -1.31. The lowest BCUT2D eigenvalue weighted by atomic mass is 9.79. The molecule has 0 saturated carbocycles. The van der Waals surface area contributed by atoms with Crippen molar-refractivity contribution < 1.29 is 32.6 Å². The number of amides is 2. The van der Waals surface area contributed by atoms with Gasteiger partial charge in [-0.05, 0) is 43.7 Å². The number of urea groups is 1. The van der Waals surface area contributed by atoms with Crippen LogP contribution in [0.2, 0.25) is 0 Å². The lowest BCUT2D eigenvalue weighted by molar-refractivity contribution is -0.192. The van der Waals surface area contributed by atoms with E-state index in [1.807, 2.05) is 28.0 Å². The predicted molar refractivity (Wildman–Crippen MR) is 106 cm³/mol. The zero-order valence-electron chi connectivity index (χ0n) is 17.1. The third kappa shape index (κ3) is 5.78. The van der Waals surface area contributed by atoms with Crippen molar-refractivity contribution in [1.82, 2.24) is 14.8 Å². The first-order valence-electron chi connectivity index (χ1n) is 10.3. The topological polar surface area (TPSA) is 95.0 Å². The number of aromatic nitrogens is 1. The van der Waals surface area contributed by atoms with Gasteiger partial charge in [0.15, 0.2) is 0 Å². The average Bonchev–Trinajstić information content (AvgIpc) is 3.37. The zero-order valence-corrected chi connectivity index (χ0v) is 17.1. The molecule has 3 fully saturated rings. The van der Waals surface area contributed by atoms with Crippen LogP contribution in [0.5, 0.6) is 0 Å². The number of ether oxygens (including phenoxy) is 1. The van der Waals surface area contributed by atoms with E-state index in [1.165, 1.54) is 0 Å². The van der Waals surface area contributed by atoms with Crippen molar-refractivity contribution in [3.63, 3.8) is 0 Å². The Bertz CT molecular complexity index is 751. The number of anilines is 1. The van der Waals surface area contributed by atoms with E-state index >= 15 is 0 Å². The van der Waals surface area contributed by atoms with E-state index in [1.54, 1.807) is 6.20 Å². The number of alkyl halides is 3. The molecule has 4 rings (SSSR count). The van der Waals surface area contributed by atoms with E-state index in [0.717, 1.165) is 70.8 Å². The van der Waals surface area contributed by atoms with E-state index < -0.39 is 12.1 Å². The molecular formula is C20H27F3N4O4. The maximum Gasteiger partial charge on any atom is 0.490 e. The molecule has 0 bridgehead atoms. The monoisotopic (exact) mass is 444 g/mol. The molecule has 31 heavy (non-hydrogen) atoms. The third-order valence-corrected chi connectivity index (χ3v) is 5.87. The smallest absolute Gasteiger partial charge is 0.475 e. The van der Waals surface area contributed by atoms with Crippen LogP contribution >= 0.6 is 0 Å². The summed E-state index contributed by atoms with van der Waals surface area (Å²) in [5, 5.41) is 10.5. The van der Waals surface area contributed by atoms with Gasteiger partial charge in [-0.2, -0.15) is 13.2 Å². The van der Waals surface area contributed by atoms with Gasteiger partial charge in [0.2, 0.25) is 0 Å². The molecule has 2 N–H and O–H groups in total. The van der Waals surface area contributed by atoms with Crippen LogP contribution in [0.3, 0.4) is 0 Å². The minimum absolute atomic E-state index is 0.0961. The Kier molecular flexibility index (Phi) is 7.24. The van der Waals surface area contributed by atoms with Crippen LogP contribution in [0.4, 0.5) is 23.8 Å². The highest BCUT2D eigenvalue weighted by Crippen LogP contribution is 2.42. The molecule has 8 nitrogen and oxygen atoms in total. The summed E-state index contributed by atoms with van der Waals surface area (Å²) in [6.45, 7) is 5.07. The maximum atomic E-state index is 12.4. The molecule has 3 aliphatic heterocycles. The van der Waals surface area contributed by atoms with Gasteiger partial charge in [-0.1, -0.05) is 6.07 Å². The number of pyridine rings is 1. The normalized spacial score (nSPS) is 22.0. The van der Waals surface area contributed by atoms with Gasteiger partial charge in [0.1, 0.15) is 11.4 Å². The second kappa shape index (κ2) is 9.71. The Labute approximate surface area is 178 Å². The summed E-state index contributed by atoms with van der Waals surface area (Å²) in [4.78, 5) is 29.6. The molecule has 0 radical (unpaired) electrons. The summed E-state index contributed by atoms with van der Waals surface area (Å²) in [6, 6.07) is 6.11. The molecule has 0 aliphatic carbocycles. The third-order valence-electron chi connectivity index (χ3n) is 5.87. The molecule has 1 atom stereocenters. The van der Waals surface area contributed by atoms with Gasteiger partial charge in [-0.15, -0.1) is 0 Å². The first kappa shape index (κ1) is 23.1. The van der Waals surface area contributed by atoms with Crippen LogP contribution in [0, 0.1) is 5.92 Å². The number of nitrogens with one attached hydrogen (secondary N) is 1. The number of likely N-dealkylation sites (tertiary alicyclic amines) is 2.